The first-order valence-corrected chi connectivity index (χ1v) is 13.8. The Balaban J connectivity index is 1.68. The Labute approximate surface area is 224 Å². The Morgan fingerprint density at radius 1 is 1.14 bits per heavy atom. The average Bonchev–Trinajstić information content (AvgIpc) is 2.86. The predicted molar refractivity (Wildman–Crippen MR) is 159 cm³/mol. The van der Waals surface area contributed by atoms with Gasteiger partial charge in [0.05, 0.1) is 0 Å². The Morgan fingerprint density at radius 3 is 2.58 bits per heavy atom. The van der Waals surface area contributed by atoms with Crippen molar-refractivity contribution in [2.24, 2.45) is 16.3 Å². The number of nitrogens with one attached hydrogen (secondary N) is 1. The van der Waals surface area contributed by atoms with Crippen molar-refractivity contribution in [1.82, 2.24) is 5.32 Å². The maximum Gasteiger partial charge on any atom is 0.0412 e. The molecule has 0 radical (unpaired) electrons. The van der Waals surface area contributed by atoms with Gasteiger partial charge in [-0.1, -0.05) is 101 Å². The second kappa shape index (κ2) is 13.1. The van der Waals surface area contributed by atoms with E-state index >= 15 is 0 Å². The number of rotatable bonds is 11. The molecule has 3 heteroatoms. The summed E-state index contributed by atoms with van der Waals surface area (Å²) >= 11 is 6.34. The molecule has 1 aliphatic rings. The molecule has 2 nitrogen and oxygen atoms in total. The van der Waals surface area contributed by atoms with E-state index in [1.165, 1.54) is 33.7 Å². The van der Waals surface area contributed by atoms with Crippen molar-refractivity contribution in [3.63, 3.8) is 0 Å². The van der Waals surface area contributed by atoms with Gasteiger partial charge in [-0.25, -0.2) is 0 Å². The van der Waals surface area contributed by atoms with Crippen molar-refractivity contribution in [3.8, 4) is 0 Å². The summed E-state index contributed by atoms with van der Waals surface area (Å²) in [5.74, 6) is 0.262. The second-order valence-electron chi connectivity index (χ2n) is 10.9. The third kappa shape index (κ3) is 8.23. The molecule has 0 fully saturated rings. The smallest absolute Gasteiger partial charge is 0.0412 e. The van der Waals surface area contributed by atoms with Crippen LogP contribution < -0.4 is 5.32 Å². The van der Waals surface area contributed by atoms with Crippen LogP contribution in [0.5, 0.6) is 0 Å². The first kappa shape index (κ1) is 28.0. The van der Waals surface area contributed by atoms with Gasteiger partial charge in [-0.05, 0) is 73.4 Å². The normalized spacial score (nSPS) is 16.4. The van der Waals surface area contributed by atoms with Gasteiger partial charge in [-0.15, -0.1) is 0 Å². The molecular formula is C33H43ClN2. The molecule has 2 aromatic rings. The van der Waals surface area contributed by atoms with E-state index in [9.17, 15) is 0 Å². The number of benzene rings is 2. The SMILES string of the molecule is C=C(NCC/C(=C/CCC)c1cc(Cl)ccc1C)C1C=C(CCc2ccccc2)N=C(C(C)(C)C)C1. The van der Waals surface area contributed by atoms with E-state index in [4.69, 9.17) is 16.6 Å². The highest BCUT2D eigenvalue weighted by atomic mass is 35.5. The first-order chi connectivity index (χ1) is 17.2. The predicted octanol–water partition coefficient (Wildman–Crippen LogP) is 9.35. The van der Waals surface area contributed by atoms with Crippen LogP contribution in [0.1, 0.15) is 76.5 Å². The number of nitrogens with zero attached hydrogens (tertiary/aromatic N) is 1. The number of unbranched alkanes of at least 4 members (excludes halogenated alkanes) is 1. The molecule has 0 aliphatic carbocycles. The van der Waals surface area contributed by atoms with Crippen LogP contribution in [0.2, 0.25) is 5.02 Å². The molecule has 1 unspecified atom stereocenters. The van der Waals surface area contributed by atoms with E-state index < -0.39 is 0 Å². The summed E-state index contributed by atoms with van der Waals surface area (Å²) in [5, 5.41) is 4.45. The van der Waals surface area contributed by atoms with Crippen LogP contribution in [0.3, 0.4) is 0 Å². The molecule has 1 atom stereocenters. The highest BCUT2D eigenvalue weighted by Crippen LogP contribution is 2.32. The van der Waals surface area contributed by atoms with Crippen molar-refractivity contribution < 1.29 is 0 Å². The van der Waals surface area contributed by atoms with Gasteiger partial charge in [0.1, 0.15) is 0 Å². The van der Waals surface area contributed by atoms with Gasteiger partial charge in [0.15, 0.2) is 0 Å². The number of halogens is 1. The zero-order valence-electron chi connectivity index (χ0n) is 22.8. The lowest BCUT2D eigenvalue weighted by Gasteiger charge is -2.30. The molecule has 0 bridgehead atoms. The lowest BCUT2D eigenvalue weighted by molar-refractivity contribution is 0.549. The van der Waals surface area contributed by atoms with Gasteiger partial charge in [0.25, 0.3) is 0 Å². The highest BCUT2D eigenvalue weighted by Gasteiger charge is 2.27. The summed E-state index contributed by atoms with van der Waals surface area (Å²) in [5.41, 5.74) is 8.81. The third-order valence-corrected chi connectivity index (χ3v) is 7.12. The molecule has 192 valence electrons. The number of allylic oxidation sites excluding steroid dienone is 3. The fourth-order valence-electron chi connectivity index (χ4n) is 4.60. The van der Waals surface area contributed by atoms with Crippen molar-refractivity contribution in [1.29, 1.82) is 0 Å². The lowest BCUT2D eigenvalue weighted by atomic mass is 9.81. The fourth-order valence-corrected chi connectivity index (χ4v) is 4.78. The Morgan fingerprint density at radius 2 is 1.89 bits per heavy atom. The number of hydrogen-bond donors (Lipinski definition) is 1. The summed E-state index contributed by atoms with van der Waals surface area (Å²) in [6, 6.07) is 16.9. The van der Waals surface area contributed by atoms with Crippen LogP contribution in [0.15, 0.2) is 83.6 Å². The van der Waals surface area contributed by atoms with Crippen molar-refractivity contribution in [2.45, 2.75) is 73.1 Å². The quantitative estimate of drug-likeness (QED) is 0.325. The molecule has 0 saturated carbocycles. The van der Waals surface area contributed by atoms with Gasteiger partial charge in [0, 0.05) is 40.0 Å². The van der Waals surface area contributed by atoms with Crippen LogP contribution in [0.25, 0.3) is 5.57 Å². The molecule has 0 amide bonds. The lowest BCUT2D eigenvalue weighted by Crippen LogP contribution is -2.29. The van der Waals surface area contributed by atoms with Crippen LogP contribution >= 0.6 is 11.6 Å². The van der Waals surface area contributed by atoms with Crippen molar-refractivity contribution >= 4 is 22.9 Å². The molecule has 1 heterocycles. The van der Waals surface area contributed by atoms with E-state index in [1.807, 2.05) is 6.07 Å². The van der Waals surface area contributed by atoms with E-state index in [0.29, 0.717) is 0 Å². The Hall–Kier alpha value is -2.58. The fraction of sp³-hybridized carbons (Fsp3) is 0.424. The van der Waals surface area contributed by atoms with Crippen molar-refractivity contribution in [2.75, 3.05) is 6.54 Å². The number of aliphatic imine (C=N–C) groups is 1. The molecule has 1 aliphatic heterocycles. The van der Waals surface area contributed by atoms with Crippen LogP contribution in [0.4, 0.5) is 0 Å². The largest absolute Gasteiger partial charge is 0.388 e. The standard InChI is InChI=1S/C33H43ClN2/c1-7-8-14-27(31-23-29(34)17-15-24(31)2)19-20-35-25(3)28-21-30(36-32(22-28)33(4,5)6)18-16-26-12-10-9-11-13-26/h9-15,17,21,23,28,35H,3,7-8,16,18-20,22H2,1-2,4-6H3/b27-14-. The first-order valence-electron chi connectivity index (χ1n) is 13.4. The zero-order valence-corrected chi connectivity index (χ0v) is 23.6. The molecule has 0 saturated heterocycles. The molecule has 2 aromatic carbocycles. The van der Waals surface area contributed by atoms with Gasteiger partial charge in [0.2, 0.25) is 0 Å². The third-order valence-electron chi connectivity index (χ3n) is 6.88. The summed E-state index contributed by atoms with van der Waals surface area (Å²) in [7, 11) is 0. The van der Waals surface area contributed by atoms with Crippen molar-refractivity contribution in [3.05, 3.63) is 100 Å². The molecule has 0 spiro atoms. The minimum atomic E-state index is 0.0466. The molecule has 3 rings (SSSR count). The molecule has 1 N–H and O–H groups in total. The minimum absolute atomic E-state index is 0.0466. The van der Waals surface area contributed by atoms with Gasteiger partial charge in [-0.2, -0.15) is 0 Å². The van der Waals surface area contributed by atoms with Crippen LogP contribution in [-0.2, 0) is 6.42 Å². The van der Waals surface area contributed by atoms with Crippen LogP contribution in [0, 0.1) is 18.3 Å². The number of aryl methyl sites for hydroxylation is 2. The molecule has 0 aromatic heterocycles. The topological polar surface area (TPSA) is 24.4 Å². The van der Waals surface area contributed by atoms with Gasteiger partial charge < -0.3 is 5.32 Å². The molecular weight excluding hydrogens is 460 g/mol. The Kier molecular flexibility index (Phi) is 10.2. The summed E-state index contributed by atoms with van der Waals surface area (Å²) in [4.78, 5) is 5.09. The minimum Gasteiger partial charge on any atom is -0.388 e. The monoisotopic (exact) mass is 502 g/mol. The van der Waals surface area contributed by atoms with E-state index in [1.54, 1.807) is 0 Å². The Bertz CT molecular complexity index is 1120. The highest BCUT2D eigenvalue weighted by molar-refractivity contribution is 6.30. The van der Waals surface area contributed by atoms with Gasteiger partial charge in [-0.3, -0.25) is 4.99 Å². The van der Waals surface area contributed by atoms with Gasteiger partial charge >= 0.3 is 0 Å². The number of hydrogen-bond acceptors (Lipinski definition) is 2. The summed E-state index contributed by atoms with van der Waals surface area (Å²) in [6.45, 7) is 16.5. The zero-order chi connectivity index (χ0) is 26.1. The second-order valence-corrected chi connectivity index (χ2v) is 11.4. The van der Waals surface area contributed by atoms with E-state index in [0.717, 1.165) is 55.8 Å². The summed E-state index contributed by atoms with van der Waals surface area (Å²) in [6.07, 6.45) is 10.7. The maximum absolute atomic E-state index is 6.34. The summed E-state index contributed by atoms with van der Waals surface area (Å²) < 4.78 is 0. The van der Waals surface area contributed by atoms with E-state index in [-0.39, 0.29) is 11.3 Å². The average molecular weight is 503 g/mol. The van der Waals surface area contributed by atoms with Crippen LogP contribution in [-0.4, -0.2) is 12.3 Å². The van der Waals surface area contributed by atoms with E-state index in [2.05, 4.69) is 101 Å². The molecule has 36 heavy (non-hydrogen) atoms. The maximum atomic E-state index is 6.34.